The summed E-state index contributed by atoms with van der Waals surface area (Å²) in [6, 6.07) is 6.80. The Morgan fingerprint density at radius 1 is 1.03 bits per heavy atom. The molecule has 3 rings (SSSR count). The Hall–Kier alpha value is -3.18. The van der Waals surface area contributed by atoms with E-state index in [-0.39, 0.29) is 24.3 Å². The van der Waals surface area contributed by atoms with E-state index in [1.165, 1.54) is 41.1 Å². The third-order valence-corrected chi connectivity index (χ3v) is 4.69. The van der Waals surface area contributed by atoms with Crippen LogP contribution in [0.25, 0.3) is 5.52 Å². The first-order valence-corrected chi connectivity index (χ1v) is 11.7. The average molecular weight is 519 g/mol. The molecule has 3 heterocycles. The minimum atomic E-state index is -4.00. The molecule has 0 bridgehead atoms. The maximum atomic E-state index is 13.2. The van der Waals surface area contributed by atoms with E-state index in [2.05, 4.69) is 34.7 Å². The first-order valence-electron chi connectivity index (χ1n) is 11.7. The first-order chi connectivity index (χ1) is 16.8. The number of anilines is 2. The van der Waals surface area contributed by atoms with E-state index in [1.807, 2.05) is 13.8 Å². The summed E-state index contributed by atoms with van der Waals surface area (Å²) in [5.41, 5.74) is 0.501. The van der Waals surface area contributed by atoms with Crippen LogP contribution in [0.15, 0.2) is 30.5 Å². The SMILES string of the molecule is CC(F)(F)F.CCCCCC.CNc1ccc2ccc(C(=O)Nc3cn(C(C)C)nc3C(F)F)n2n1. The van der Waals surface area contributed by atoms with Gasteiger partial charge in [-0.15, -0.1) is 5.10 Å². The maximum absolute atomic E-state index is 13.2. The molecular weight excluding hydrogens is 483 g/mol. The molecule has 36 heavy (non-hydrogen) atoms. The zero-order valence-electron chi connectivity index (χ0n) is 21.5. The number of hydrogen-bond acceptors (Lipinski definition) is 4. The standard InChI is InChI=1S/C16H18F2N6O.C6H14.C2H3F3/c1-9(2)23-8-11(14(22-23)15(17)18)20-16(25)12-6-4-10-5-7-13(19-3)21-24(10)12;1-3-5-6-4-2;1-2(3,4)5/h4-9,15H,1-3H3,(H,19,21)(H,20,25);3-6H2,1-2H3;1H3. The highest BCUT2D eigenvalue weighted by atomic mass is 19.4. The Morgan fingerprint density at radius 3 is 2.06 bits per heavy atom. The van der Waals surface area contributed by atoms with Crippen molar-refractivity contribution in [3.8, 4) is 0 Å². The van der Waals surface area contributed by atoms with Crippen LogP contribution in [0.2, 0.25) is 0 Å². The maximum Gasteiger partial charge on any atom is 0.386 e. The number of rotatable bonds is 8. The Balaban J connectivity index is 0.000000495. The molecule has 0 atom stereocenters. The highest BCUT2D eigenvalue weighted by Gasteiger charge is 2.22. The first kappa shape index (κ1) is 30.9. The number of hydrogen-bond donors (Lipinski definition) is 2. The molecule has 0 radical (unpaired) electrons. The molecule has 0 fully saturated rings. The fourth-order valence-electron chi connectivity index (χ4n) is 2.91. The zero-order valence-corrected chi connectivity index (χ0v) is 21.5. The Kier molecular flexibility index (Phi) is 12.3. The third-order valence-electron chi connectivity index (χ3n) is 4.69. The summed E-state index contributed by atoms with van der Waals surface area (Å²) in [5.74, 6) is 0.0459. The highest BCUT2D eigenvalue weighted by Crippen LogP contribution is 2.27. The summed E-state index contributed by atoms with van der Waals surface area (Å²) in [6.07, 6.45) is 0.162. The minimum Gasteiger partial charge on any atom is -0.372 e. The van der Waals surface area contributed by atoms with Crippen molar-refractivity contribution >= 4 is 22.9 Å². The molecule has 3 aromatic rings. The van der Waals surface area contributed by atoms with Gasteiger partial charge in [0.15, 0.2) is 5.69 Å². The van der Waals surface area contributed by atoms with Gasteiger partial charge in [0.25, 0.3) is 12.3 Å². The van der Waals surface area contributed by atoms with E-state index >= 15 is 0 Å². The Bertz CT molecular complexity index is 1060. The van der Waals surface area contributed by atoms with Crippen molar-refractivity contribution in [1.82, 2.24) is 19.4 Å². The predicted octanol–water partition coefficient (Wildman–Crippen LogP) is 7.50. The summed E-state index contributed by atoms with van der Waals surface area (Å²) in [6.45, 7) is 8.29. The van der Waals surface area contributed by atoms with Crippen molar-refractivity contribution in [2.75, 3.05) is 17.7 Å². The second-order valence-corrected chi connectivity index (χ2v) is 8.27. The summed E-state index contributed by atoms with van der Waals surface area (Å²) < 4.78 is 60.3. The molecule has 0 unspecified atom stereocenters. The summed E-state index contributed by atoms with van der Waals surface area (Å²) >= 11 is 0. The van der Waals surface area contributed by atoms with Gasteiger partial charge in [-0.05, 0) is 38.1 Å². The van der Waals surface area contributed by atoms with Gasteiger partial charge < -0.3 is 10.6 Å². The van der Waals surface area contributed by atoms with Gasteiger partial charge in [0.1, 0.15) is 11.5 Å². The van der Waals surface area contributed by atoms with E-state index in [1.54, 1.807) is 31.3 Å². The molecule has 0 spiro atoms. The van der Waals surface area contributed by atoms with Gasteiger partial charge in [0, 0.05) is 26.2 Å². The van der Waals surface area contributed by atoms with Gasteiger partial charge in [-0.2, -0.15) is 18.3 Å². The number of alkyl halides is 5. The minimum absolute atomic E-state index is 0.00609. The van der Waals surface area contributed by atoms with Gasteiger partial charge in [-0.25, -0.2) is 13.3 Å². The van der Waals surface area contributed by atoms with E-state index in [9.17, 15) is 26.7 Å². The van der Waals surface area contributed by atoms with Gasteiger partial charge in [-0.1, -0.05) is 39.5 Å². The van der Waals surface area contributed by atoms with Crippen LogP contribution in [0, 0.1) is 0 Å². The zero-order chi connectivity index (χ0) is 27.5. The molecule has 0 saturated carbocycles. The quantitative estimate of drug-likeness (QED) is 0.239. The molecule has 12 heteroatoms. The number of halogens is 5. The van der Waals surface area contributed by atoms with Crippen molar-refractivity contribution in [3.63, 3.8) is 0 Å². The van der Waals surface area contributed by atoms with Crippen LogP contribution in [0.3, 0.4) is 0 Å². The molecule has 1 amide bonds. The van der Waals surface area contributed by atoms with Crippen LogP contribution >= 0.6 is 0 Å². The molecular formula is C24H35F5N6O. The van der Waals surface area contributed by atoms with Crippen LogP contribution in [-0.2, 0) is 0 Å². The highest BCUT2D eigenvalue weighted by molar-refractivity contribution is 6.04. The molecule has 3 aromatic heterocycles. The summed E-state index contributed by atoms with van der Waals surface area (Å²) in [5, 5.41) is 13.5. The molecule has 0 aliphatic rings. The van der Waals surface area contributed by atoms with E-state index < -0.39 is 24.2 Å². The Labute approximate surface area is 208 Å². The second kappa shape index (κ2) is 14.4. The lowest BCUT2D eigenvalue weighted by Gasteiger charge is -2.06. The number of nitrogens with zero attached hydrogens (tertiary/aromatic N) is 4. The lowest BCUT2D eigenvalue weighted by Crippen LogP contribution is -2.16. The third kappa shape index (κ3) is 10.2. The molecule has 0 aromatic carbocycles. The van der Waals surface area contributed by atoms with Crippen molar-refractivity contribution in [3.05, 3.63) is 41.9 Å². The van der Waals surface area contributed by atoms with Crippen LogP contribution in [0.5, 0.6) is 0 Å². The number of carbonyl (C=O) groups is 1. The molecule has 7 nitrogen and oxygen atoms in total. The van der Waals surface area contributed by atoms with Crippen molar-refractivity contribution < 1.29 is 26.7 Å². The second-order valence-electron chi connectivity index (χ2n) is 8.27. The number of aromatic nitrogens is 4. The Morgan fingerprint density at radius 2 is 1.58 bits per heavy atom. The van der Waals surface area contributed by atoms with Crippen molar-refractivity contribution in [2.45, 2.75) is 78.9 Å². The van der Waals surface area contributed by atoms with E-state index in [0.717, 1.165) is 5.52 Å². The predicted molar refractivity (Wildman–Crippen MR) is 132 cm³/mol. The lowest BCUT2D eigenvalue weighted by molar-refractivity contribution is -0.110. The van der Waals surface area contributed by atoms with Crippen LogP contribution in [-0.4, -0.2) is 38.5 Å². The van der Waals surface area contributed by atoms with E-state index in [0.29, 0.717) is 5.82 Å². The monoisotopic (exact) mass is 518 g/mol. The number of fused-ring (bicyclic) bond motifs is 1. The number of amides is 1. The molecule has 0 saturated heterocycles. The smallest absolute Gasteiger partial charge is 0.372 e. The largest absolute Gasteiger partial charge is 0.386 e. The normalized spacial score (nSPS) is 11.1. The van der Waals surface area contributed by atoms with Crippen LogP contribution < -0.4 is 10.6 Å². The van der Waals surface area contributed by atoms with Gasteiger partial charge in [-0.3, -0.25) is 9.48 Å². The van der Waals surface area contributed by atoms with Crippen molar-refractivity contribution in [2.24, 2.45) is 0 Å². The average Bonchev–Trinajstić information content (AvgIpc) is 3.41. The van der Waals surface area contributed by atoms with Crippen LogP contribution in [0.1, 0.15) is 89.0 Å². The summed E-state index contributed by atoms with van der Waals surface area (Å²) in [7, 11) is 1.71. The van der Waals surface area contributed by atoms with E-state index in [4.69, 9.17) is 0 Å². The van der Waals surface area contributed by atoms with Gasteiger partial charge >= 0.3 is 6.18 Å². The summed E-state index contributed by atoms with van der Waals surface area (Å²) in [4.78, 5) is 12.6. The molecule has 0 aliphatic heterocycles. The molecule has 0 aliphatic carbocycles. The number of carbonyl (C=O) groups excluding carboxylic acids is 1. The fraction of sp³-hybridized carbons (Fsp3) is 0.542. The fourth-order valence-corrected chi connectivity index (χ4v) is 2.91. The topological polar surface area (TPSA) is 76.2 Å². The van der Waals surface area contributed by atoms with Crippen LogP contribution in [0.4, 0.5) is 33.5 Å². The number of unbranched alkanes of at least 4 members (excludes halogenated alkanes) is 3. The van der Waals surface area contributed by atoms with Crippen molar-refractivity contribution in [1.29, 1.82) is 0 Å². The van der Waals surface area contributed by atoms with Gasteiger partial charge in [0.05, 0.1) is 11.2 Å². The van der Waals surface area contributed by atoms with Gasteiger partial charge in [0.2, 0.25) is 0 Å². The lowest BCUT2D eigenvalue weighted by atomic mass is 10.2. The number of nitrogens with one attached hydrogen (secondary N) is 2. The molecule has 202 valence electrons. The molecule has 2 N–H and O–H groups in total.